The number of aromatic nitrogens is 4. The lowest BCUT2D eigenvalue weighted by atomic mass is 9.90. The highest BCUT2D eigenvalue weighted by molar-refractivity contribution is 6.00. The Balaban J connectivity index is 1.48. The van der Waals surface area contributed by atoms with E-state index in [2.05, 4.69) is 26.0 Å². The van der Waals surface area contributed by atoms with Crippen LogP contribution >= 0.6 is 0 Å². The van der Waals surface area contributed by atoms with Crippen LogP contribution in [0.3, 0.4) is 0 Å². The molecule has 0 radical (unpaired) electrons. The van der Waals surface area contributed by atoms with Crippen molar-refractivity contribution < 1.29 is 13.6 Å². The molecule has 0 aliphatic heterocycles. The van der Waals surface area contributed by atoms with E-state index < -0.39 is 30.3 Å². The fourth-order valence-corrected chi connectivity index (χ4v) is 3.68. The molecule has 2 fully saturated rings. The third kappa shape index (κ3) is 3.39. The molecule has 2 aliphatic carbocycles. The molecule has 2 aliphatic rings. The van der Waals surface area contributed by atoms with Gasteiger partial charge in [0.25, 0.3) is 11.5 Å². The first-order chi connectivity index (χ1) is 15.0. The van der Waals surface area contributed by atoms with E-state index in [0.29, 0.717) is 30.9 Å². The van der Waals surface area contributed by atoms with Crippen LogP contribution in [0.15, 0.2) is 35.4 Å². The molecule has 1 amide bonds. The van der Waals surface area contributed by atoms with Crippen LogP contribution in [0.5, 0.6) is 0 Å². The van der Waals surface area contributed by atoms with Crippen molar-refractivity contribution in [3.05, 3.63) is 46.5 Å². The number of pyridine rings is 1. The van der Waals surface area contributed by atoms with E-state index in [-0.39, 0.29) is 22.5 Å². The Bertz CT molecular complexity index is 1220. The first kappa shape index (κ1) is 19.5. The first-order valence-electron chi connectivity index (χ1n) is 10.1. The van der Waals surface area contributed by atoms with Crippen LogP contribution in [0.25, 0.3) is 5.65 Å². The van der Waals surface area contributed by atoms with Gasteiger partial charge in [-0.05, 0) is 25.0 Å². The highest BCUT2D eigenvalue weighted by Crippen LogP contribution is 2.37. The standard InChI is InChI=1S/C20H21F2N7O2/c1-23-17-8-16(25-14-3-2-6-28(20(14)31)15-7-12(15)22)27-18-10(9-24-29(17)18)19(30)26-13-5-4-11(13)21/h2-3,6,8-9,11-13,15,23H,4-5,7H2,1H3,(H,25,27)(H,26,30)/t11-,12+,13?,15?/m0/s1. The Morgan fingerprint density at radius 2 is 2.06 bits per heavy atom. The van der Waals surface area contributed by atoms with Crippen LogP contribution in [-0.4, -0.2) is 50.5 Å². The Morgan fingerprint density at radius 1 is 1.26 bits per heavy atom. The van der Waals surface area contributed by atoms with Gasteiger partial charge in [0.2, 0.25) is 0 Å². The summed E-state index contributed by atoms with van der Waals surface area (Å²) >= 11 is 0. The van der Waals surface area contributed by atoms with E-state index in [4.69, 9.17) is 0 Å². The number of halogens is 2. The van der Waals surface area contributed by atoms with Gasteiger partial charge < -0.3 is 20.5 Å². The number of fused-ring (bicyclic) bond motifs is 1. The molecule has 5 rings (SSSR count). The van der Waals surface area contributed by atoms with E-state index in [0.717, 1.165) is 0 Å². The van der Waals surface area contributed by atoms with Gasteiger partial charge in [0.1, 0.15) is 35.2 Å². The molecular weight excluding hydrogens is 408 g/mol. The minimum Gasteiger partial charge on any atom is -0.373 e. The third-order valence-electron chi connectivity index (χ3n) is 5.75. The minimum absolute atomic E-state index is 0.197. The summed E-state index contributed by atoms with van der Waals surface area (Å²) in [6, 6.07) is 3.94. The molecule has 162 valence electrons. The van der Waals surface area contributed by atoms with Crippen LogP contribution in [0, 0.1) is 0 Å². The fraction of sp³-hybridized carbons (Fsp3) is 0.400. The molecule has 0 bridgehead atoms. The number of amides is 1. The van der Waals surface area contributed by atoms with Crippen molar-refractivity contribution in [3.63, 3.8) is 0 Å². The van der Waals surface area contributed by atoms with Crippen molar-refractivity contribution in [1.82, 2.24) is 24.5 Å². The lowest BCUT2D eigenvalue weighted by Gasteiger charge is -2.30. The fourth-order valence-electron chi connectivity index (χ4n) is 3.68. The molecule has 9 nitrogen and oxygen atoms in total. The largest absolute Gasteiger partial charge is 0.373 e. The van der Waals surface area contributed by atoms with Crippen molar-refractivity contribution in [2.75, 3.05) is 17.7 Å². The molecule has 31 heavy (non-hydrogen) atoms. The molecule has 0 saturated heterocycles. The van der Waals surface area contributed by atoms with Crippen molar-refractivity contribution in [3.8, 4) is 0 Å². The van der Waals surface area contributed by atoms with Gasteiger partial charge in [-0.15, -0.1) is 0 Å². The topological polar surface area (TPSA) is 105 Å². The van der Waals surface area contributed by atoms with Gasteiger partial charge >= 0.3 is 0 Å². The second-order valence-electron chi connectivity index (χ2n) is 7.82. The molecule has 0 aromatic carbocycles. The number of nitrogens with zero attached hydrogens (tertiary/aromatic N) is 4. The number of anilines is 3. The maximum atomic E-state index is 13.6. The van der Waals surface area contributed by atoms with Gasteiger partial charge in [-0.2, -0.15) is 9.61 Å². The molecule has 0 spiro atoms. The zero-order valence-electron chi connectivity index (χ0n) is 16.7. The van der Waals surface area contributed by atoms with E-state index in [1.54, 1.807) is 31.4 Å². The summed E-state index contributed by atoms with van der Waals surface area (Å²) in [5, 5.41) is 12.8. The predicted molar refractivity (Wildman–Crippen MR) is 110 cm³/mol. The SMILES string of the molecule is CNc1cc(Nc2cccn(C3C[C@H]3F)c2=O)nc2c(C(=O)NC3CC[C@@H]3F)cnn12. The van der Waals surface area contributed by atoms with Crippen molar-refractivity contribution >= 4 is 28.9 Å². The van der Waals surface area contributed by atoms with Crippen LogP contribution in [0.2, 0.25) is 0 Å². The Hall–Kier alpha value is -3.50. The summed E-state index contributed by atoms with van der Waals surface area (Å²) in [6.07, 6.45) is 2.24. The van der Waals surface area contributed by atoms with Gasteiger partial charge in [0.05, 0.1) is 18.3 Å². The van der Waals surface area contributed by atoms with Crippen molar-refractivity contribution in [1.29, 1.82) is 0 Å². The summed E-state index contributed by atoms with van der Waals surface area (Å²) in [5.41, 5.74) is 0.332. The van der Waals surface area contributed by atoms with E-state index in [9.17, 15) is 18.4 Å². The molecule has 11 heteroatoms. The molecule has 3 aromatic rings. The second kappa shape index (κ2) is 7.33. The zero-order valence-corrected chi connectivity index (χ0v) is 16.7. The predicted octanol–water partition coefficient (Wildman–Crippen LogP) is 2.19. The number of alkyl halides is 2. The lowest BCUT2D eigenvalue weighted by molar-refractivity contribution is 0.0826. The Labute approximate surface area is 175 Å². The van der Waals surface area contributed by atoms with Gasteiger partial charge in [0.15, 0.2) is 5.65 Å². The molecule has 3 heterocycles. The zero-order chi connectivity index (χ0) is 21.7. The van der Waals surface area contributed by atoms with E-state index in [1.807, 2.05) is 0 Å². The van der Waals surface area contributed by atoms with Crippen LogP contribution in [-0.2, 0) is 0 Å². The summed E-state index contributed by atoms with van der Waals surface area (Å²) in [7, 11) is 1.69. The maximum Gasteiger partial charge on any atom is 0.274 e. The first-order valence-corrected chi connectivity index (χ1v) is 10.1. The number of hydrogen-bond acceptors (Lipinski definition) is 6. The number of rotatable bonds is 6. The minimum atomic E-state index is -1.04. The quantitative estimate of drug-likeness (QED) is 0.555. The third-order valence-corrected chi connectivity index (χ3v) is 5.75. The molecule has 3 aromatic heterocycles. The summed E-state index contributed by atoms with van der Waals surface area (Å²) < 4.78 is 29.8. The van der Waals surface area contributed by atoms with E-state index in [1.165, 1.54) is 15.3 Å². The van der Waals surface area contributed by atoms with Crippen LogP contribution in [0.1, 0.15) is 35.7 Å². The van der Waals surface area contributed by atoms with Crippen LogP contribution in [0.4, 0.5) is 26.1 Å². The van der Waals surface area contributed by atoms with Gasteiger partial charge in [0, 0.05) is 25.7 Å². The molecule has 4 atom stereocenters. The number of hydrogen-bond donors (Lipinski definition) is 3. The average Bonchev–Trinajstić information content (AvgIpc) is 3.32. The van der Waals surface area contributed by atoms with Gasteiger partial charge in [-0.25, -0.2) is 13.8 Å². The summed E-state index contributed by atoms with van der Waals surface area (Å²) in [6.45, 7) is 0. The Morgan fingerprint density at radius 3 is 2.71 bits per heavy atom. The number of carbonyl (C=O) groups excluding carboxylic acids is 1. The monoisotopic (exact) mass is 429 g/mol. The highest BCUT2D eigenvalue weighted by Gasteiger charge is 2.40. The Kier molecular flexibility index (Phi) is 4.60. The molecule has 2 saturated carbocycles. The number of carbonyl (C=O) groups is 1. The smallest absolute Gasteiger partial charge is 0.274 e. The maximum absolute atomic E-state index is 13.6. The van der Waals surface area contributed by atoms with Gasteiger partial charge in [-0.1, -0.05) is 0 Å². The second-order valence-corrected chi connectivity index (χ2v) is 7.82. The normalized spacial score (nSPS) is 24.5. The summed E-state index contributed by atoms with van der Waals surface area (Å²) in [5.74, 6) is 0.375. The highest BCUT2D eigenvalue weighted by atomic mass is 19.1. The van der Waals surface area contributed by atoms with Gasteiger partial charge in [-0.3, -0.25) is 9.59 Å². The van der Waals surface area contributed by atoms with Crippen molar-refractivity contribution in [2.24, 2.45) is 0 Å². The summed E-state index contributed by atoms with van der Waals surface area (Å²) in [4.78, 5) is 29.8. The molecular formula is C20H21F2N7O2. The average molecular weight is 429 g/mol. The van der Waals surface area contributed by atoms with Crippen LogP contribution < -0.4 is 21.5 Å². The van der Waals surface area contributed by atoms with E-state index >= 15 is 0 Å². The lowest BCUT2D eigenvalue weighted by Crippen LogP contribution is -2.48. The molecule has 2 unspecified atom stereocenters. The van der Waals surface area contributed by atoms with Crippen molar-refractivity contribution in [2.45, 2.75) is 43.7 Å². The number of nitrogens with one attached hydrogen (secondary N) is 3. The molecule has 3 N–H and O–H groups in total.